The molecule has 2 aliphatic heterocycles. The number of aromatic nitrogens is 4. The van der Waals surface area contributed by atoms with Gasteiger partial charge in [-0.25, -0.2) is 9.97 Å². The van der Waals surface area contributed by atoms with Gasteiger partial charge in [0.2, 0.25) is 0 Å². The minimum Gasteiger partial charge on any atom is -0.341 e. The number of nitrogens with one attached hydrogen (secondary N) is 2. The Hall–Kier alpha value is -4.96. The maximum Gasteiger partial charge on any atom is 0.124 e. The van der Waals surface area contributed by atoms with Gasteiger partial charge in [-0.3, -0.25) is 9.80 Å². The van der Waals surface area contributed by atoms with E-state index in [1.54, 1.807) is 0 Å². The third-order valence-corrected chi connectivity index (χ3v) is 9.46. The first kappa shape index (κ1) is 28.5. The van der Waals surface area contributed by atoms with Crippen molar-refractivity contribution in [1.82, 2.24) is 29.7 Å². The van der Waals surface area contributed by atoms with Gasteiger partial charge in [-0.2, -0.15) is 0 Å². The van der Waals surface area contributed by atoms with Crippen LogP contribution in [0.1, 0.15) is 71.7 Å². The molecular weight excluding hydrogens is 564 g/mol. The normalized spacial score (nSPS) is 18.6. The molecule has 4 aromatic carbocycles. The number of hydrogen-bond acceptors (Lipinski definition) is 4. The third kappa shape index (κ3) is 6.12. The Kier molecular flexibility index (Phi) is 7.93. The molecule has 0 saturated carbocycles. The Morgan fingerprint density at radius 3 is 1.93 bits per heavy atom. The summed E-state index contributed by atoms with van der Waals surface area (Å²) in [7, 11) is 0. The van der Waals surface area contributed by atoms with Gasteiger partial charge in [-0.05, 0) is 85.8 Å². The Bertz CT molecular complexity index is 1980. The van der Waals surface area contributed by atoms with Crippen molar-refractivity contribution in [3.05, 3.63) is 143 Å². The highest BCUT2D eigenvalue weighted by molar-refractivity contribution is 5.77. The van der Waals surface area contributed by atoms with E-state index in [2.05, 4.69) is 135 Å². The van der Waals surface area contributed by atoms with E-state index in [0.29, 0.717) is 12.1 Å². The van der Waals surface area contributed by atoms with Crippen molar-refractivity contribution in [3.63, 3.8) is 0 Å². The number of benzene rings is 4. The Morgan fingerprint density at radius 2 is 1.26 bits per heavy atom. The van der Waals surface area contributed by atoms with Crippen LogP contribution in [0.2, 0.25) is 0 Å². The molecule has 2 fully saturated rings. The molecule has 4 heterocycles. The molecule has 2 aromatic heterocycles. The van der Waals surface area contributed by atoms with E-state index >= 15 is 0 Å². The molecule has 2 N–H and O–H groups in total. The molecule has 6 nitrogen and oxygen atoms in total. The van der Waals surface area contributed by atoms with Gasteiger partial charge in [0, 0.05) is 24.2 Å². The van der Waals surface area contributed by atoms with E-state index in [4.69, 9.17) is 9.97 Å². The molecule has 0 radical (unpaired) electrons. The smallest absolute Gasteiger partial charge is 0.124 e. The molecule has 46 heavy (non-hydrogen) atoms. The van der Waals surface area contributed by atoms with Crippen molar-refractivity contribution in [2.45, 2.75) is 50.9 Å². The molecule has 228 valence electrons. The first-order chi connectivity index (χ1) is 22.7. The SMILES string of the molecule is C(#Cc1ccc2nc([C@@H]3CCCN3Cc3ccccc3)[nH]c2c1)c1ccc(-c2cnc([C@@H]3CCCN3Cc3ccccc3)[nH]2)cc1. The summed E-state index contributed by atoms with van der Waals surface area (Å²) in [6, 6.07) is 36.8. The van der Waals surface area contributed by atoms with Gasteiger partial charge >= 0.3 is 0 Å². The van der Waals surface area contributed by atoms with Crippen LogP contribution in [0.5, 0.6) is 0 Å². The second-order valence-electron chi connectivity index (χ2n) is 12.6. The first-order valence-electron chi connectivity index (χ1n) is 16.5. The van der Waals surface area contributed by atoms with E-state index < -0.39 is 0 Å². The fourth-order valence-corrected chi connectivity index (χ4v) is 7.08. The summed E-state index contributed by atoms with van der Waals surface area (Å²) < 4.78 is 0. The molecule has 2 saturated heterocycles. The van der Waals surface area contributed by atoms with Gasteiger partial charge in [0.1, 0.15) is 11.6 Å². The second kappa shape index (κ2) is 12.8. The lowest BCUT2D eigenvalue weighted by atomic mass is 10.1. The third-order valence-electron chi connectivity index (χ3n) is 9.46. The molecule has 0 unspecified atom stereocenters. The number of H-pyrrole nitrogens is 2. The summed E-state index contributed by atoms with van der Waals surface area (Å²) in [6.45, 7) is 4.11. The van der Waals surface area contributed by atoms with E-state index in [1.807, 2.05) is 6.20 Å². The average molecular weight is 603 g/mol. The number of aromatic amines is 2. The number of fused-ring (bicyclic) bond motifs is 1. The zero-order valence-electron chi connectivity index (χ0n) is 26.0. The van der Waals surface area contributed by atoms with Crippen molar-refractivity contribution in [1.29, 1.82) is 0 Å². The van der Waals surface area contributed by atoms with Gasteiger partial charge < -0.3 is 9.97 Å². The molecule has 8 rings (SSSR count). The second-order valence-corrected chi connectivity index (χ2v) is 12.6. The molecule has 0 aliphatic carbocycles. The van der Waals surface area contributed by atoms with Crippen LogP contribution in [0, 0.1) is 11.8 Å². The minimum absolute atomic E-state index is 0.318. The fraction of sp³-hybridized carbons (Fsp3) is 0.250. The molecule has 0 amide bonds. The van der Waals surface area contributed by atoms with Gasteiger partial charge in [0.25, 0.3) is 0 Å². The first-order valence-corrected chi connectivity index (χ1v) is 16.5. The summed E-state index contributed by atoms with van der Waals surface area (Å²) in [4.78, 5) is 22.1. The van der Waals surface area contributed by atoms with Crippen LogP contribution in [0.15, 0.2) is 109 Å². The minimum atomic E-state index is 0.318. The van der Waals surface area contributed by atoms with Crippen LogP contribution >= 0.6 is 0 Å². The zero-order valence-corrected chi connectivity index (χ0v) is 26.0. The van der Waals surface area contributed by atoms with Crippen LogP contribution in [0.4, 0.5) is 0 Å². The number of rotatable bonds is 7. The fourth-order valence-electron chi connectivity index (χ4n) is 7.08. The topological polar surface area (TPSA) is 63.8 Å². The van der Waals surface area contributed by atoms with Gasteiger partial charge in [0.15, 0.2) is 0 Å². The van der Waals surface area contributed by atoms with Crippen molar-refractivity contribution >= 4 is 11.0 Å². The molecule has 2 atom stereocenters. The summed E-state index contributed by atoms with van der Waals surface area (Å²) in [5, 5.41) is 0. The number of nitrogens with zero attached hydrogens (tertiary/aromatic N) is 4. The van der Waals surface area contributed by atoms with Gasteiger partial charge in [-0.1, -0.05) is 84.6 Å². The van der Waals surface area contributed by atoms with Crippen molar-refractivity contribution in [2.75, 3.05) is 13.1 Å². The van der Waals surface area contributed by atoms with Crippen LogP contribution in [-0.4, -0.2) is 42.8 Å². The van der Waals surface area contributed by atoms with E-state index in [9.17, 15) is 0 Å². The maximum atomic E-state index is 4.98. The monoisotopic (exact) mass is 602 g/mol. The average Bonchev–Trinajstić information content (AvgIpc) is 3.92. The molecular formula is C40H38N6. The van der Waals surface area contributed by atoms with Crippen molar-refractivity contribution in [2.24, 2.45) is 0 Å². The lowest BCUT2D eigenvalue weighted by Gasteiger charge is -2.22. The van der Waals surface area contributed by atoms with Crippen LogP contribution in [-0.2, 0) is 13.1 Å². The number of imidazole rings is 2. The van der Waals surface area contributed by atoms with E-state index in [1.165, 1.54) is 24.0 Å². The standard InChI is InChI=1S/C40H38N6/c1-3-9-31(10-4-1)27-45-23-7-13-37(45)39-41-26-36(44-39)33-20-17-29(18-21-33)15-16-30-19-22-34-35(25-30)43-40(42-34)38-14-8-24-46(38)28-32-11-5-2-6-12-32/h1-6,9-12,17-22,25-26,37-38H,7-8,13-14,23-24,27-28H2,(H,41,44)(H,42,43)/t37-,38-/m0/s1. The van der Waals surface area contributed by atoms with E-state index in [-0.39, 0.29) is 0 Å². The quantitative estimate of drug-likeness (QED) is 0.182. The maximum absolute atomic E-state index is 4.98. The van der Waals surface area contributed by atoms with Crippen molar-refractivity contribution in [3.8, 4) is 23.1 Å². The van der Waals surface area contributed by atoms with Gasteiger partial charge in [0.05, 0.1) is 35.0 Å². The molecule has 2 aliphatic rings. The highest BCUT2D eigenvalue weighted by Gasteiger charge is 2.29. The summed E-state index contributed by atoms with van der Waals surface area (Å²) >= 11 is 0. The number of hydrogen-bond donors (Lipinski definition) is 2. The molecule has 6 aromatic rings. The predicted molar refractivity (Wildman–Crippen MR) is 184 cm³/mol. The number of likely N-dealkylation sites (tertiary alicyclic amines) is 2. The summed E-state index contributed by atoms with van der Waals surface area (Å²) in [5.74, 6) is 8.83. The zero-order chi connectivity index (χ0) is 30.7. The lowest BCUT2D eigenvalue weighted by molar-refractivity contribution is 0.241. The largest absolute Gasteiger partial charge is 0.341 e. The summed E-state index contributed by atoms with van der Waals surface area (Å²) in [6.07, 6.45) is 6.62. The Labute approximate surface area is 270 Å². The summed E-state index contributed by atoms with van der Waals surface area (Å²) in [5.41, 5.74) is 8.88. The predicted octanol–water partition coefficient (Wildman–Crippen LogP) is 8.03. The highest BCUT2D eigenvalue weighted by atomic mass is 15.2. The molecule has 0 spiro atoms. The highest BCUT2D eigenvalue weighted by Crippen LogP contribution is 2.34. The Balaban J connectivity index is 0.936. The lowest BCUT2D eigenvalue weighted by Crippen LogP contribution is -2.23. The van der Waals surface area contributed by atoms with Crippen LogP contribution < -0.4 is 0 Å². The molecule has 0 bridgehead atoms. The molecule has 6 heteroatoms. The van der Waals surface area contributed by atoms with Crippen molar-refractivity contribution < 1.29 is 0 Å². The van der Waals surface area contributed by atoms with E-state index in [0.717, 1.165) is 84.1 Å². The Morgan fingerprint density at radius 1 is 0.652 bits per heavy atom. The van der Waals surface area contributed by atoms with Gasteiger partial charge in [-0.15, -0.1) is 0 Å². The van der Waals surface area contributed by atoms with Crippen LogP contribution in [0.25, 0.3) is 22.3 Å². The van der Waals surface area contributed by atoms with Crippen LogP contribution in [0.3, 0.4) is 0 Å².